The average molecular weight is 218 g/mol. The highest BCUT2D eigenvalue weighted by Gasteiger charge is 2.53. The molecular formula is C7H4F6O. The third-order valence-corrected chi connectivity index (χ3v) is 1.81. The molecule has 2 atom stereocenters. The van der Waals surface area contributed by atoms with E-state index in [-0.39, 0.29) is 0 Å². The Kier molecular flexibility index (Phi) is 2.62. The van der Waals surface area contributed by atoms with E-state index in [4.69, 9.17) is 5.11 Å². The van der Waals surface area contributed by atoms with E-state index >= 15 is 0 Å². The van der Waals surface area contributed by atoms with E-state index in [1.54, 1.807) is 0 Å². The van der Waals surface area contributed by atoms with E-state index in [1.807, 2.05) is 0 Å². The first-order valence-electron chi connectivity index (χ1n) is 3.41. The van der Waals surface area contributed by atoms with E-state index in [0.29, 0.717) is 0 Å². The number of halogens is 6. The highest BCUT2D eigenvalue weighted by molar-refractivity contribution is 5.39. The van der Waals surface area contributed by atoms with Crippen molar-refractivity contribution in [3.63, 3.8) is 0 Å². The Hall–Kier alpha value is -0.980. The van der Waals surface area contributed by atoms with E-state index < -0.39 is 41.8 Å². The first-order valence-corrected chi connectivity index (χ1v) is 3.41. The Morgan fingerprint density at radius 2 is 1.64 bits per heavy atom. The molecule has 0 saturated heterocycles. The zero-order valence-corrected chi connectivity index (χ0v) is 6.50. The minimum Gasteiger partial charge on any atom is -0.392 e. The summed E-state index contributed by atoms with van der Waals surface area (Å²) >= 11 is 0. The van der Waals surface area contributed by atoms with Crippen molar-refractivity contribution in [3.8, 4) is 0 Å². The summed E-state index contributed by atoms with van der Waals surface area (Å²) in [6.07, 6.45) is -3.38. The van der Waals surface area contributed by atoms with E-state index in [2.05, 4.69) is 0 Å². The fourth-order valence-electron chi connectivity index (χ4n) is 0.957. The van der Waals surface area contributed by atoms with E-state index in [9.17, 15) is 26.3 Å². The maximum Gasteiger partial charge on any atom is 0.225 e. The molecule has 1 N–H and O–H groups in total. The van der Waals surface area contributed by atoms with Crippen molar-refractivity contribution in [3.05, 3.63) is 23.3 Å². The quantitative estimate of drug-likeness (QED) is 0.669. The third-order valence-electron chi connectivity index (χ3n) is 1.81. The van der Waals surface area contributed by atoms with Gasteiger partial charge in [-0.3, -0.25) is 0 Å². The predicted octanol–water partition coefficient (Wildman–Crippen LogP) is 2.34. The first kappa shape index (κ1) is 11.1. The van der Waals surface area contributed by atoms with Gasteiger partial charge in [-0.25, -0.2) is 26.3 Å². The van der Waals surface area contributed by atoms with Crippen LogP contribution in [0.3, 0.4) is 0 Å². The first-order chi connectivity index (χ1) is 6.36. The molecule has 0 bridgehead atoms. The minimum atomic E-state index is -3.89. The Morgan fingerprint density at radius 3 is 2.07 bits per heavy atom. The maximum atomic E-state index is 13.0. The van der Waals surface area contributed by atoms with E-state index in [1.165, 1.54) is 0 Å². The molecule has 0 aromatic rings. The van der Waals surface area contributed by atoms with Gasteiger partial charge in [0, 0.05) is 0 Å². The fourth-order valence-corrected chi connectivity index (χ4v) is 0.957. The molecule has 0 saturated carbocycles. The summed E-state index contributed by atoms with van der Waals surface area (Å²) in [5.41, 5.74) is -3.89. The molecule has 0 aromatic heterocycles. The highest BCUT2D eigenvalue weighted by Crippen LogP contribution is 2.43. The zero-order chi connectivity index (χ0) is 11.1. The fraction of sp³-hybridized carbons (Fsp3) is 0.429. The zero-order valence-electron chi connectivity index (χ0n) is 6.50. The second-order valence-electron chi connectivity index (χ2n) is 2.67. The molecular weight excluding hydrogens is 214 g/mol. The van der Waals surface area contributed by atoms with Crippen LogP contribution in [0, 0.1) is 0 Å². The third kappa shape index (κ3) is 1.23. The smallest absolute Gasteiger partial charge is 0.225 e. The number of aliphatic hydroxyl groups is 1. The van der Waals surface area contributed by atoms with Crippen molar-refractivity contribution < 1.29 is 31.4 Å². The lowest BCUT2D eigenvalue weighted by molar-refractivity contribution is 0.00718. The number of allylic oxidation sites excluding steroid dienone is 3. The lowest BCUT2D eigenvalue weighted by atomic mass is 9.93. The summed E-state index contributed by atoms with van der Waals surface area (Å²) in [4.78, 5) is 0. The van der Waals surface area contributed by atoms with Gasteiger partial charge in [0.05, 0.1) is 6.61 Å². The van der Waals surface area contributed by atoms with Gasteiger partial charge in [0.1, 0.15) is 0 Å². The summed E-state index contributed by atoms with van der Waals surface area (Å²) < 4.78 is 75.4. The molecule has 0 radical (unpaired) electrons. The normalized spacial score (nSPS) is 34.1. The number of rotatable bonds is 1. The van der Waals surface area contributed by atoms with Crippen molar-refractivity contribution in [2.75, 3.05) is 6.61 Å². The Labute approximate surface area is 74.3 Å². The van der Waals surface area contributed by atoms with Gasteiger partial charge in [0.25, 0.3) is 0 Å². The van der Waals surface area contributed by atoms with Crippen LogP contribution in [-0.2, 0) is 0 Å². The molecule has 1 rings (SSSR count). The van der Waals surface area contributed by atoms with Crippen LogP contribution in [0.5, 0.6) is 0 Å². The van der Waals surface area contributed by atoms with Gasteiger partial charge in [-0.2, -0.15) is 0 Å². The number of alkyl halides is 2. The molecule has 1 aliphatic carbocycles. The SMILES string of the molecule is OCC1(F)C(F)=C(F)C(F)=C(F)C1F. The molecule has 14 heavy (non-hydrogen) atoms. The van der Waals surface area contributed by atoms with Crippen molar-refractivity contribution in [2.24, 2.45) is 0 Å². The van der Waals surface area contributed by atoms with Crippen LogP contribution in [-0.4, -0.2) is 23.6 Å². The molecule has 0 aliphatic heterocycles. The summed E-state index contributed by atoms with van der Waals surface area (Å²) in [5, 5.41) is 8.25. The van der Waals surface area contributed by atoms with E-state index in [0.717, 1.165) is 0 Å². The van der Waals surface area contributed by atoms with Crippen LogP contribution < -0.4 is 0 Å². The summed E-state index contributed by atoms with van der Waals surface area (Å²) in [7, 11) is 0. The minimum absolute atomic E-state index is 1.83. The second-order valence-corrected chi connectivity index (χ2v) is 2.67. The molecule has 1 nitrogen and oxygen atoms in total. The van der Waals surface area contributed by atoms with Crippen molar-refractivity contribution in [1.82, 2.24) is 0 Å². The van der Waals surface area contributed by atoms with Crippen LogP contribution in [0.25, 0.3) is 0 Å². The van der Waals surface area contributed by atoms with Gasteiger partial charge in [-0.05, 0) is 0 Å². The maximum absolute atomic E-state index is 13.0. The monoisotopic (exact) mass is 218 g/mol. The van der Waals surface area contributed by atoms with Crippen molar-refractivity contribution in [2.45, 2.75) is 11.8 Å². The molecule has 0 heterocycles. The van der Waals surface area contributed by atoms with Crippen LogP contribution in [0.15, 0.2) is 23.3 Å². The summed E-state index contributed by atoms with van der Waals surface area (Å²) in [6, 6.07) is 0. The molecule has 2 unspecified atom stereocenters. The highest BCUT2D eigenvalue weighted by atomic mass is 19.2. The largest absolute Gasteiger partial charge is 0.392 e. The molecule has 0 aromatic carbocycles. The summed E-state index contributed by atoms with van der Waals surface area (Å²) in [6.45, 7) is -1.83. The Balaban J connectivity index is 3.33. The molecule has 0 spiro atoms. The van der Waals surface area contributed by atoms with Crippen LogP contribution in [0.4, 0.5) is 26.3 Å². The van der Waals surface area contributed by atoms with Crippen LogP contribution in [0.2, 0.25) is 0 Å². The van der Waals surface area contributed by atoms with Crippen molar-refractivity contribution >= 4 is 0 Å². The van der Waals surface area contributed by atoms with Crippen LogP contribution >= 0.6 is 0 Å². The average Bonchev–Trinajstić information content (AvgIpc) is 2.21. The lowest BCUT2D eigenvalue weighted by Crippen LogP contribution is -2.43. The van der Waals surface area contributed by atoms with Gasteiger partial charge in [0.15, 0.2) is 29.5 Å². The number of aliphatic hydroxyl groups excluding tert-OH is 1. The molecule has 1 aliphatic rings. The second kappa shape index (κ2) is 3.30. The molecule has 0 amide bonds. The predicted molar refractivity (Wildman–Crippen MR) is 34.3 cm³/mol. The van der Waals surface area contributed by atoms with Gasteiger partial charge in [0.2, 0.25) is 5.67 Å². The van der Waals surface area contributed by atoms with Gasteiger partial charge >= 0.3 is 0 Å². The van der Waals surface area contributed by atoms with Gasteiger partial charge < -0.3 is 5.11 Å². The lowest BCUT2D eigenvalue weighted by Gasteiger charge is -2.27. The van der Waals surface area contributed by atoms with Crippen LogP contribution in [0.1, 0.15) is 0 Å². The van der Waals surface area contributed by atoms with Gasteiger partial charge in [-0.15, -0.1) is 0 Å². The number of hydrogen-bond donors (Lipinski definition) is 1. The molecule has 0 fully saturated rings. The standard InChI is InChI=1S/C7H4F6O/c8-2-3(9)5(11)7(13,1-14)6(12)4(2)10/h5,14H,1H2. The molecule has 80 valence electrons. The Bertz CT molecular complexity index is 322. The topological polar surface area (TPSA) is 20.2 Å². The van der Waals surface area contributed by atoms with Gasteiger partial charge in [-0.1, -0.05) is 0 Å². The summed E-state index contributed by atoms with van der Waals surface area (Å²) in [5.74, 6) is -9.77. The number of hydrogen-bond acceptors (Lipinski definition) is 1. The Morgan fingerprint density at radius 1 is 1.14 bits per heavy atom. The van der Waals surface area contributed by atoms with Crippen molar-refractivity contribution in [1.29, 1.82) is 0 Å². The molecule has 7 heteroatoms.